The Morgan fingerprint density at radius 1 is 0.913 bits per heavy atom. The highest BCUT2D eigenvalue weighted by Crippen LogP contribution is 2.20. The summed E-state index contributed by atoms with van der Waals surface area (Å²) in [6.07, 6.45) is 0. The van der Waals surface area contributed by atoms with Crippen molar-refractivity contribution in [1.82, 2.24) is 4.90 Å². The third-order valence-corrected chi connectivity index (χ3v) is 3.94. The molecule has 6 heteroatoms. The van der Waals surface area contributed by atoms with Crippen LogP contribution in [0.2, 0.25) is 0 Å². The molecule has 3 N–H and O–H groups in total. The van der Waals surface area contributed by atoms with E-state index in [1.54, 1.807) is 12.1 Å². The fourth-order valence-electron chi connectivity index (χ4n) is 2.78. The highest BCUT2D eigenvalue weighted by atomic mass is 35.5. The molecule has 1 aliphatic rings. The number of piperazine rings is 1. The molecule has 23 heavy (non-hydrogen) atoms. The van der Waals surface area contributed by atoms with Crippen molar-refractivity contribution in [2.24, 2.45) is 0 Å². The summed E-state index contributed by atoms with van der Waals surface area (Å²) in [6.45, 7) is 5.04. The van der Waals surface area contributed by atoms with E-state index in [9.17, 15) is 5.11 Å². The number of rotatable bonds is 3. The summed E-state index contributed by atoms with van der Waals surface area (Å²) >= 11 is 0. The van der Waals surface area contributed by atoms with Crippen molar-refractivity contribution in [2.75, 3.05) is 36.8 Å². The quantitative estimate of drug-likeness (QED) is 0.830. The summed E-state index contributed by atoms with van der Waals surface area (Å²) in [7, 11) is 0. The first kappa shape index (κ1) is 19.4. The molecular formula is C17H23Cl2N3O. The van der Waals surface area contributed by atoms with Gasteiger partial charge in [0.1, 0.15) is 5.75 Å². The van der Waals surface area contributed by atoms with Crippen LogP contribution in [0.5, 0.6) is 5.75 Å². The van der Waals surface area contributed by atoms with Crippen LogP contribution in [0.1, 0.15) is 5.56 Å². The molecule has 1 aliphatic heterocycles. The zero-order chi connectivity index (χ0) is 14.7. The molecule has 0 radical (unpaired) electrons. The molecule has 0 atom stereocenters. The topological polar surface area (TPSA) is 52.7 Å². The number of phenols is 1. The molecular weight excluding hydrogens is 333 g/mol. The minimum atomic E-state index is 0. The summed E-state index contributed by atoms with van der Waals surface area (Å²) in [6, 6.07) is 15.5. The number of nitrogens with two attached hydrogens (primary N) is 1. The predicted molar refractivity (Wildman–Crippen MR) is 101 cm³/mol. The molecule has 0 amide bonds. The van der Waals surface area contributed by atoms with Crippen LogP contribution in [0.4, 0.5) is 11.4 Å². The molecule has 2 aromatic carbocycles. The maximum absolute atomic E-state index is 9.35. The third-order valence-electron chi connectivity index (χ3n) is 3.94. The van der Waals surface area contributed by atoms with Crippen LogP contribution in [0.3, 0.4) is 0 Å². The number of hydrogen-bond acceptors (Lipinski definition) is 4. The number of halogens is 2. The lowest BCUT2D eigenvalue weighted by Crippen LogP contribution is -2.45. The van der Waals surface area contributed by atoms with E-state index in [0.29, 0.717) is 5.75 Å². The first-order valence-corrected chi connectivity index (χ1v) is 7.31. The van der Waals surface area contributed by atoms with E-state index in [1.165, 1.54) is 11.3 Å². The van der Waals surface area contributed by atoms with Gasteiger partial charge in [-0.3, -0.25) is 4.90 Å². The van der Waals surface area contributed by atoms with Crippen molar-refractivity contribution in [2.45, 2.75) is 6.54 Å². The Labute approximate surface area is 149 Å². The van der Waals surface area contributed by atoms with Crippen LogP contribution in [0.25, 0.3) is 0 Å². The zero-order valence-corrected chi connectivity index (χ0v) is 14.5. The van der Waals surface area contributed by atoms with Gasteiger partial charge < -0.3 is 15.7 Å². The first-order chi connectivity index (χ1) is 10.2. The number of benzene rings is 2. The smallest absolute Gasteiger partial charge is 0.115 e. The summed E-state index contributed by atoms with van der Waals surface area (Å²) < 4.78 is 0. The van der Waals surface area contributed by atoms with Gasteiger partial charge >= 0.3 is 0 Å². The van der Waals surface area contributed by atoms with E-state index in [4.69, 9.17) is 5.73 Å². The SMILES string of the molecule is Cl.Cl.Nc1cccc(CN2CCN(c3ccc(O)cc3)CC2)c1. The number of anilines is 2. The lowest BCUT2D eigenvalue weighted by Gasteiger charge is -2.36. The van der Waals surface area contributed by atoms with Crippen LogP contribution >= 0.6 is 24.8 Å². The summed E-state index contributed by atoms with van der Waals surface area (Å²) in [4.78, 5) is 4.81. The molecule has 1 heterocycles. The minimum Gasteiger partial charge on any atom is -0.508 e. The molecule has 0 bridgehead atoms. The predicted octanol–water partition coefficient (Wildman–Crippen LogP) is 3.14. The normalized spacial score (nSPS) is 14.7. The Bertz CT molecular complexity index is 599. The van der Waals surface area contributed by atoms with Crippen molar-refractivity contribution in [3.8, 4) is 5.75 Å². The molecule has 2 aromatic rings. The number of aromatic hydroxyl groups is 1. The van der Waals surface area contributed by atoms with Gasteiger partial charge in [-0.1, -0.05) is 12.1 Å². The van der Waals surface area contributed by atoms with E-state index in [1.807, 2.05) is 30.3 Å². The number of phenolic OH excluding ortho intramolecular Hbond substituents is 1. The van der Waals surface area contributed by atoms with Crippen molar-refractivity contribution in [1.29, 1.82) is 0 Å². The van der Waals surface area contributed by atoms with E-state index in [-0.39, 0.29) is 24.8 Å². The molecule has 0 aromatic heterocycles. The summed E-state index contributed by atoms with van der Waals surface area (Å²) in [5.74, 6) is 0.319. The van der Waals surface area contributed by atoms with Gasteiger partial charge in [0.25, 0.3) is 0 Å². The van der Waals surface area contributed by atoms with E-state index in [0.717, 1.165) is 38.4 Å². The highest BCUT2D eigenvalue weighted by Gasteiger charge is 2.17. The van der Waals surface area contributed by atoms with Crippen LogP contribution < -0.4 is 10.6 Å². The molecule has 0 spiro atoms. The van der Waals surface area contributed by atoms with Crippen molar-refractivity contribution >= 4 is 36.2 Å². The van der Waals surface area contributed by atoms with E-state index in [2.05, 4.69) is 15.9 Å². The van der Waals surface area contributed by atoms with Crippen molar-refractivity contribution in [3.63, 3.8) is 0 Å². The monoisotopic (exact) mass is 355 g/mol. The lowest BCUT2D eigenvalue weighted by molar-refractivity contribution is 0.250. The van der Waals surface area contributed by atoms with Gasteiger partial charge in [0.2, 0.25) is 0 Å². The fourth-order valence-corrected chi connectivity index (χ4v) is 2.78. The Hall–Kier alpha value is -1.62. The van der Waals surface area contributed by atoms with Crippen LogP contribution in [0.15, 0.2) is 48.5 Å². The number of hydrogen-bond donors (Lipinski definition) is 2. The number of nitrogen functional groups attached to an aromatic ring is 1. The van der Waals surface area contributed by atoms with Gasteiger partial charge in [0, 0.05) is 44.1 Å². The van der Waals surface area contributed by atoms with Gasteiger partial charge in [0.05, 0.1) is 0 Å². The van der Waals surface area contributed by atoms with Crippen LogP contribution in [0, 0.1) is 0 Å². The molecule has 126 valence electrons. The first-order valence-electron chi connectivity index (χ1n) is 7.31. The molecule has 4 nitrogen and oxygen atoms in total. The average molecular weight is 356 g/mol. The third kappa shape index (κ3) is 5.20. The molecule has 0 aliphatic carbocycles. The van der Waals surface area contributed by atoms with E-state index >= 15 is 0 Å². The van der Waals surface area contributed by atoms with E-state index < -0.39 is 0 Å². The van der Waals surface area contributed by atoms with Crippen LogP contribution in [-0.4, -0.2) is 36.2 Å². The molecule has 1 fully saturated rings. The Morgan fingerprint density at radius 2 is 1.57 bits per heavy atom. The summed E-state index contributed by atoms with van der Waals surface area (Å²) in [5.41, 5.74) is 9.10. The zero-order valence-electron chi connectivity index (χ0n) is 12.9. The summed E-state index contributed by atoms with van der Waals surface area (Å²) in [5, 5.41) is 9.35. The number of nitrogens with zero attached hydrogens (tertiary/aromatic N) is 2. The Morgan fingerprint density at radius 3 is 2.17 bits per heavy atom. The molecule has 3 rings (SSSR count). The Kier molecular flexibility index (Phi) is 7.49. The molecule has 0 saturated carbocycles. The second-order valence-corrected chi connectivity index (χ2v) is 5.52. The maximum atomic E-state index is 9.35. The van der Waals surface area contributed by atoms with Gasteiger partial charge in [-0.15, -0.1) is 24.8 Å². The van der Waals surface area contributed by atoms with Crippen LogP contribution in [-0.2, 0) is 6.54 Å². The highest BCUT2D eigenvalue weighted by molar-refractivity contribution is 5.85. The average Bonchev–Trinajstić information content (AvgIpc) is 2.49. The van der Waals surface area contributed by atoms with Gasteiger partial charge in [-0.25, -0.2) is 0 Å². The molecule has 0 unspecified atom stereocenters. The lowest BCUT2D eigenvalue weighted by atomic mass is 10.1. The van der Waals surface area contributed by atoms with Crippen molar-refractivity contribution in [3.05, 3.63) is 54.1 Å². The fraction of sp³-hybridized carbons (Fsp3) is 0.294. The van der Waals surface area contributed by atoms with Gasteiger partial charge in [-0.05, 0) is 42.0 Å². The van der Waals surface area contributed by atoms with Crippen molar-refractivity contribution < 1.29 is 5.11 Å². The second kappa shape index (κ2) is 8.87. The Balaban J connectivity index is 0.00000132. The van der Waals surface area contributed by atoms with Gasteiger partial charge in [-0.2, -0.15) is 0 Å². The van der Waals surface area contributed by atoms with Gasteiger partial charge in [0.15, 0.2) is 0 Å². The second-order valence-electron chi connectivity index (χ2n) is 5.52. The largest absolute Gasteiger partial charge is 0.508 e. The minimum absolute atomic E-state index is 0. The molecule has 1 saturated heterocycles. The standard InChI is InChI=1S/C17H21N3O.2ClH/c18-15-3-1-2-14(12-15)13-19-8-10-20(11-9-19)16-4-6-17(21)7-5-16;;/h1-7,12,21H,8-11,13,18H2;2*1H. The maximum Gasteiger partial charge on any atom is 0.115 e.